The summed E-state index contributed by atoms with van der Waals surface area (Å²) < 4.78 is 13.0. The zero-order chi connectivity index (χ0) is 39.3. The SMILES string of the molecule is C/C=C\c1ccccc1Cc1cccc(-c2ccc(N(c3ccc4c(c3)oc3ccccc34)c3ccccc3-c3ccc4oc5c6ccccc6ccc5c4c3)cc2)c1. The van der Waals surface area contributed by atoms with Gasteiger partial charge in [0.1, 0.15) is 22.3 Å². The van der Waals surface area contributed by atoms with Crippen molar-refractivity contribution in [2.75, 3.05) is 4.90 Å². The molecule has 0 unspecified atom stereocenters. The Morgan fingerprint density at radius 1 is 0.458 bits per heavy atom. The van der Waals surface area contributed by atoms with E-state index in [0.717, 1.165) is 83.9 Å². The molecule has 0 N–H and O–H groups in total. The standard InChI is InChI=1S/C56H39NO2/c1-2-12-38-14-3-4-16-41(38)33-37-13-11-17-42(34-37)39-23-27-44(28-24-39)57(45-29-31-49-48-20-8-10-22-53(48)58-55(49)36-45)52-21-9-7-18-46(52)43-26-32-54-51(35-43)50-30-25-40-15-5-6-19-47(40)56(50)59-54/h2-32,34-36H,33H2,1H3/b12-2-. The fourth-order valence-electron chi connectivity index (χ4n) is 8.79. The first-order valence-corrected chi connectivity index (χ1v) is 20.2. The van der Waals surface area contributed by atoms with Gasteiger partial charge in [-0.2, -0.15) is 0 Å². The zero-order valence-electron chi connectivity index (χ0n) is 32.6. The van der Waals surface area contributed by atoms with Gasteiger partial charge >= 0.3 is 0 Å². The lowest BCUT2D eigenvalue weighted by Crippen LogP contribution is -2.11. The molecule has 2 heterocycles. The highest BCUT2D eigenvalue weighted by Gasteiger charge is 2.20. The second kappa shape index (κ2) is 14.4. The summed E-state index contributed by atoms with van der Waals surface area (Å²) in [6.07, 6.45) is 5.17. The molecule has 0 spiro atoms. The fourth-order valence-corrected chi connectivity index (χ4v) is 8.79. The van der Waals surface area contributed by atoms with Gasteiger partial charge < -0.3 is 13.7 Å². The summed E-state index contributed by atoms with van der Waals surface area (Å²) in [6, 6.07) is 69.4. The molecule has 0 fully saturated rings. The number of nitrogens with zero attached hydrogens (tertiary/aromatic N) is 1. The molecule has 11 aromatic rings. The van der Waals surface area contributed by atoms with Gasteiger partial charge in [-0.1, -0.05) is 146 Å². The molecule has 11 rings (SSSR count). The molecule has 9 aromatic carbocycles. The number of hydrogen-bond acceptors (Lipinski definition) is 3. The molecule has 0 atom stereocenters. The number of hydrogen-bond donors (Lipinski definition) is 0. The topological polar surface area (TPSA) is 29.5 Å². The van der Waals surface area contributed by atoms with Gasteiger partial charge in [-0.05, 0) is 107 Å². The predicted octanol–water partition coefficient (Wildman–Crippen LogP) is 16.1. The highest BCUT2D eigenvalue weighted by Crippen LogP contribution is 2.44. The Kier molecular flexibility index (Phi) is 8.45. The predicted molar refractivity (Wildman–Crippen MR) is 248 cm³/mol. The fraction of sp³-hybridized carbons (Fsp3) is 0.0357. The third-order valence-corrected chi connectivity index (χ3v) is 11.6. The van der Waals surface area contributed by atoms with Crippen LogP contribution in [0.3, 0.4) is 0 Å². The van der Waals surface area contributed by atoms with Crippen molar-refractivity contribution in [1.82, 2.24) is 0 Å². The molecule has 2 aromatic heterocycles. The Labute approximate surface area is 342 Å². The van der Waals surface area contributed by atoms with Crippen LogP contribution in [0.15, 0.2) is 209 Å². The van der Waals surface area contributed by atoms with Crippen molar-refractivity contribution in [2.24, 2.45) is 0 Å². The smallest absolute Gasteiger partial charge is 0.143 e. The van der Waals surface area contributed by atoms with Gasteiger partial charge in [0, 0.05) is 49.9 Å². The third-order valence-electron chi connectivity index (χ3n) is 11.6. The Bertz CT molecular complexity index is 3380. The van der Waals surface area contributed by atoms with E-state index in [1.807, 2.05) is 12.1 Å². The van der Waals surface area contributed by atoms with E-state index < -0.39 is 0 Å². The monoisotopic (exact) mass is 757 g/mol. The number of para-hydroxylation sites is 2. The minimum Gasteiger partial charge on any atom is -0.456 e. The van der Waals surface area contributed by atoms with E-state index >= 15 is 0 Å². The van der Waals surface area contributed by atoms with Gasteiger partial charge in [0.15, 0.2) is 0 Å². The van der Waals surface area contributed by atoms with Crippen LogP contribution in [0.25, 0.3) is 83.0 Å². The molecule has 0 aliphatic heterocycles. The largest absolute Gasteiger partial charge is 0.456 e. The Morgan fingerprint density at radius 3 is 2.10 bits per heavy atom. The number of anilines is 3. The molecular formula is C56H39NO2. The van der Waals surface area contributed by atoms with E-state index in [1.54, 1.807) is 0 Å². The number of rotatable bonds is 8. The van der Waals surface area contributed by atoms with Crippen LogP contribution in [-0.4, -0.2) is 0 Å². The molecule has 280 valence electrons. The van der Waals surface area contributed by atoms with Crippen molar-refractivity contribution >= 4 is 77.8 Å². The van der Waals surface area contributed by atoms with Gasteiger partial charge in [0.25, 0.3) is 0 Å². The minimum atomic E-state index is 0.856. The van der Waals surface area contributed by atoms with Crippen LogP contribution in [0.5, 0.6) is 0 Å². The van der Waals surface area contributed by atoms with Crippen LogP contribution in [0.4, 0.5) is 17.1 Å². The van der Waals surface area contributed by atoms with Gasteiger partial charge in [0.2, 0.25) is 0 Å². The van der Waals surface area contributed by atoms with Crippen molar-refractivity contribution in [3.8, 4) is 22.3 Å². The van der Waals surface area contributed by atoms with Gasteiger partial charge in [-0.25, -0.2) is 0 Å². The van der Waals surface area contributed by atoms with Crippen molar-refractivity contribution in [3.63, 3.8) is 0 Å². The van der Waals surface area contributed by atoms with E-state index in [4.69, 9.17) is 8.83 Å². The maximum Gasteiger partial charge on any atom is 0.143 e. The zero-order valence-corrected chi connectivity index (χ0v) is 32.6. The van der Waals surface area contributed by atoms with Crippen LogP contribution in [0.1, 0.15) is 23.6 Å². The third kappa shape index (κ3) is 6.16. The second-order valence-corrected chi connectivity index (χ2v) is 15.2. The normalized spacial score (nSPS) is 11.8. The van der Waals surface area contributed by atoms with Gasteiger partial charge in [-0.15, -0.1) is 0 Å². The molecule has 0 saturated carbocycles. The maximum atomic E-state index is 6.51. The number of fused-ring (bicyclic) bond motifs is 8. The lowest BCUT2D eigenvalue weighted by atomic mass is 9.96. The summed E-state index contributed by atoms with van der Waals surface area (Å²) in [7, 11) is 0. The van der Waals surface area contributed by atoms with Crippen LogP contribution in [0, 0.1) is 0 Å². The first kappa shape index (κ1) is 34.6. The van der Waals surface area contributed by atoms with E-state index in [-0.39, 0.29) is 0 Å². The summed E-state index contributed by atoms with van der Waals surface area (Å²) in [4.78, 5) is 2.35. The number of benzene rings is 9. The van der Waals surface area contributed by atoms with Crippen LogP contribution < -0.4 is 4.90 Å². The summed E-state index contributed by atoms with van der Waals surface area (Å²) in [5.41, 5.74) is 15.1. The average molecular weight is 758 g/mol. The number of furan rings is 2. The van der Waals surface area contributed by atoms with Crippen molar-refractivity contribution in [1.29, 1.82) is 0 Å². The van der Waals surface area contributed by atoms with Crippen LogP contribution >= 0.6 is 0 Å². The quantitative estimate of drug-likeness (QED) is 0.155. The van der Waals surface area contributed by atoms with Gasteiger partial charge in [0.05, 0.1) is 5.69 Å². The molecule has 0 aliphatic carbocycles. The highest BCUT2D eigenvalue weighted by atomic mass is 16.3. The van der Waals surface area contributed by atoms with Crippen LogP contribution in [0.2, 0.25) is 0 Å². The summed E-state index contributed by atoms with van der Waals surface area (Å²) in [6.45, 7) is 2.07. The molecule has 0 amide bonds. The lowest BCUT2D eigenvalue weighted by Gasteiger charge is -2.28. The van der Waals surface area contributed by atoms with E-state index in [1.165, 1.54) is 33.2 Å². The lowest BCUT2D eigenvalue weighted by molar-refractivity contribution is 0.669. The summed E-state index contributed by atoms with van der Waals surface area (Å²) in [5.74, 6) is 0. The van der Waals surface area contributed by atoms with E-state index in [0.29, 0.717) is 0 Å². The first-order valence-electron chi connectivity index (χ1n) is 20.2. The first-order chi connectivity index (χ1) is 29.2. The summed E-state index contributed by atoms with van der Waals surface area (Å²) >= 11 is 0. The molecule has 0 bridgehead atoms. The molecular weight excluding hydrogens is 719 g/mol. The number of allylic oxidation sites excluding steroid dienone is 1. The molecule has 59 heavy (non-hydrogen) atoms. The van der Waals surface area contributed by atoms with Crippen molar-refractivity contribution in [2.45, 2.75) is 13.3 Å². The van der Waals surface area contributed by atoms with Crippen molar-refractivity contribution < 1.29 is 8.83 Å². The highest BCUT2D eigenvalue weighted by molar-refractivity contribution is 6.16. The van der Waals surface area contributed by atoms with Gasteiger partial charge in [-0.3, -0.25) is 0 Å². The Balaban J connectivity index is 1.02. The van der Waals surface area contributed by atoms with Crippen molar-refractivity contribution in [3.05, 3.63) is 217 Å². The van der Waals surface area contributed by atoms with E-state index in [9.17, 15) is 0 Å². The van der Waals surface area contributed by atoms with E-state index in [2.05, 4.69) is 206 Å². The molecule has 0 saturated heterocycles. The Morgan fingerprint density at radius 2 is 1.19 bits per heavy atom. The molecule has 0 aliphatic rings. The van der Waals surface area contributed by atoms with Crippen LogP contribution in [-0.2, 0) is 6.42 Å². The summed E-state index contributed by atoms with van der Waals surface area (Å²) in [5, 5.41) is 6.74. The molecule has 3 heteroatoms. The Hall–Kier alpha value is -7.62. The molecule has 0 radical (unpaired) electrons. The molecule has 3 nitrogen and oxygen atoms in total. The minimum absolute atomic E-state index is 0.856. The average Bonchev–Trinajstić information content (AvgIpc) is 3.86. The second-order valence-electron chi connectivity index (χ2n) is 15.2. The maximum absolute atomic E-state index is 6.51.